The smallest absolute Gasteiger partial charge is 0.224 e. The zero-order chi connectivity index (χ0) is 15.5. The molecule has 0 bridgehead atoms. The average molecular weight is 366 g/mol. The van der Waals surface area contributed by atoms with Crippen molar-refractivity contribution >= 4 is 27.7 Å². The number of aromatic nitrogens is 1. The molecule has 3 rings (SSSR count). The Morgan fingerprint density at radius 2 is 2.27 bits per heavy atom. The number of piperidine rings is 1. The fraction of sp³-hybridized carbons (Fsp3) is 0.562. The lowest BCUT2D eigenvalue weighted by molar-refractivity contribution is -0.137. The Kier molecular flexibility index (Phi) is 4.76. The maximum atomic E-state index is 12.5. The van der Waals surface area contributed by atoms with Gasteiger partial charge in [-0.3, -0.25) is 14.6 Å². The molecule has 2 fully saturated rings. The number of carbonyl (C=O) groups excluding carboxylic acids is 2. The SMILES string of the molecule is O=C1CC(C(=O)NCc2ccccn2)C2CC(Br)CCC2N1. The van der Waals surface area contributed by atoms with Crippen molar-refractivity contribution in [3.63, 3.8) is 0 Å². The Balaban J connectivity index is 1.65. The average Bonchev–Trinajstić information content (AvgIpc) is 2.53. The molecule has 118 valence electrons. The number of hydrogen-bond acceptors (Lipinski definition) is 3. The van der Waals surface area contributed by atoms with E-state index in [0.29, 0.717) is 11.4 Å². The molecule has 6 heteroatoms. The molecule has 2 aliphatic rings. The van der Waals surface area contributed by atoms with Crippen LogP contribution in [0.25, 0.3) is 0 Å². The highest BCUT2D eigenvalue weighted by Crippen LogP contribution is 2.38. The Hall–Kier alpha value is -1.43. The van der Waals surface area contributed by atoms with E-state index in [1.54, 1.807) is 6.20 Å². The monoisotopic (exact) mass is 365 g/mol. The molecule has 2 heterocycles. The Labute approximate surface area is 138 Å². The topological polar surface area (TPSA) is 71.1 Å². The molecule has 1 aromatic rings. The molecule has 1 saturated heterocycles. The van der Waals surface area contributed by atoms with Crippen molar-refractivity contribution in [1.29, 1.82) is 0 Å². The highest BCUT2D eigenvalue weighted by atomic mass is 79.9. The van der Waals surface area contributed by atoms with Crippen LogP contribution in [0.4, 0.5) is 0 Å². The summed E-state index contributed by atoms with van der Waals surface area (Å²) >= 11 is 3.66. The fourth-order valence-electron chi connectivity index (χ4n) is 3.49. The number of amides is 2. The number of halogens is 1. The van der Waals surface area contributed by atoms with Crippen LogP contribution in [0.1, 0.15) is 31.4 Å². The molecule has 1 aromatic heterocycles. The Bertz CT molecular complexity index is 552. The molecule has 0 radical (unpaired) electrons. The Morgan fingerprint density at radius 1 is 1.41 bits per heavy atom. The summed E-state index contributed by atoms with van der Waals surface area (Å²) in [7, 11) is 0. The zero-order valence-electron chi connectivity index (χ0n) is 12.3. The summed E-state index contributed by atoms with van der Waals surface area (Å²) in [6.07, 6.45) is 4.92. The normalized spacial score (nSPS) is 31.0. The molecule has 5 nitrogen and oxygen atoms in total. The van der Waals surface area contributed by atoms with Crippen molar-refractivity contribution in [3.05, 3.63) is 30.1 Å². The van der Waals surface area contributed by atoms with Gasteiger partial charge in [-0.1, -0.05) is 22.0 Å². The highest BCUT2D eigenvalue weighted by molar-refractivity contribution is 9.09. The van der Waals surface area contributed by atoms with Gasteiger partial charge in [0.05, 0.1) is 18.2 Å². The summed E-state index contributed by atoms with van der Waals surface area (Å²) in [5.41, 5.74) is 0.828. The van der Waals surface area contributed by atoms with Crippen LogP contribution in [0.2, 0.25) is 0 Å². The van der Waals surface area contributed by atoms with E-state index in [1.807, 2.05) is 18.2 Å². The van der Waals surface area contributed by atoms with Crippen molar-refractivity contribution in [3.8, 4) is 0 Å². The van der Waals surface area contributed by atoms with Gasteiger partial charge in [-0.15, -0.1) is 0 Å². The minimum atomic E-state index is -0.234. The lowest BCUT2D eigenvalue weighted by atomic mass is 9.72. The number of carbonyl (C=O) groups is 2. The quantitative estimate of drug-likeness (QED) is 0.801. The van der Waals surface area contributed by atoms with E-state index in [9.17, 15) is 9.59 Å². The van der Waals surface area contributed by atoms with E-state index in [4.69, 9.17) is 0 Å². The summed E-state index contributed by atoms with van der Waals surface area (Å²) in [6.45, 7) is 0.410. The first-order valence-corrected chi connectivity index (χ1v) is 8.66. The summed E-state index contributed by atoms with van der Waals surface area (Å²) in [5.74, 6) is -0.0493. The molecular formula is C16H20BrN3O2. The van der Waals surface area contributed by atoms with Gasteiger partial charge in [-0.05, 0) is 37.3 Å². The van der Waals surface area contributed by atoms with Gasteiger partial charge >= 0.3 is 0 Å². The summed E-state index contributed by atoms with van der Waals surface area (Å²) in [6, 6.07) is 5.76. The maximum Gasteiger partial charge on any atom is 0.224 e. The molecule has 2 amide bonds. The number of fused-ring (bicyclic) bond motifs is 1. The molecular weight excluding hydrogens is 346 g/mol. The number of pyridine rings is 1. The number of hydrogen-bond donors (Lipinski definition) is 2. The van der Waals surface area contributed by atoms with Crippen LogP contribution >= 0.6 is 15.9 Å². The van der Waals surface area contributed by atoms with Gasteiger partial charge in [0.25, 0.3) is 0 Å². The second-order valence-electron chi connectivity index (χ2n) is 6.10. The van der Waals surface area contributed by atoms with E-state index in [0.717, 1.165) is 25.0 Å². The minimum absolute atomic E-state index is 0.00717. The lowest BCUT2D eigenvalue weighted by Crippen LogP contribution is -2.55. The van der Waals surface area contributed by atoms with Crippen LogP contribution in [0.3, 0.4) is 0 Å². The molecule has 4 atom stereocenters. The van der Waals surface area contributed by atoms with Crippen LogP contribution in [0, 0.1) is 11.8 Å². The first kappa shape index (κ1) is 15.5. The van der Waals surface area contributed by atoms with Gasteiger partial charge < -0.3 is 10.6 Å². The first-order valence-electron chi connectivity index (χ1n) is 7.74. The third kappa shape index (κ3) is 3.48. The van der Waals surface area contributed by atoms with Crippen molar-refractivity contribution in [1.82, 2.24) is 15.6 Å². The van der Waals surface area contributed by atoms with E-state index >= 15 is 0 Å². The van der Waals surface area contributed by atoms with Crippen LogP contribution in [0.5, 0.6) is 0 Å². The second kappa shape index (κ2) is 6.77. The summed E-state index contributed by atoms with van der Waals surface area (Å²) in [4.78, 5) is 29.1. The van der Waals surface area contributed by atoms with Crippen LogP contribution in [0.15, 0.2) is 24.4 Å². The highest BCUT2D eigenvalue weighted by Gasteiger charge is 2.43. The molecule has 1 aliphatic heterocycles. The zero-order valence-corrected chi connectivity index (χ0v) is 13.9. The summed E-state index contributed by atoms with van der Waals surface area (Å²) < 4.78 is 0. The molecule has 4 unspecified atom stereocenters. The third-order valence-electron chi connectivity index (χ3n) is 4.61. The van der Waals surface area contributed by atoms with Crippen molar-refractivity contribution in [2.75, 3.05) is 0 Å². The summed E-state index contributed by atoms with van der Waals surface area (Å²) in [5, 5.41) is 5.99. The van der Waals surface area contributed by atoms with Gasteiger partial charge in [-0.25, -0.2) is 0 Å². The predicted molar refractivity (Wildman–Crippen MR) is 86.2 cm³/mol. The van der Waals surface area contributed by atoms with Gasteiger partial charge in [0.15, 0.2) is 0 Å². The largest absolute Gasteiger partial charge is 0.353 e. The molecule has 0 spiro atoms. The van der Waals surface area contributed by atoms with Crippen LogP contribution in [-0.2, 0) is 16.1 Å². The standard InChI is InChI=1S/C16H20BrN3O2/c17-10-4-5-14-12(7-10)13(8-15(21)20-14)16(22)19-9-11-3-1-2-6-18-11/h1-3,6,10,12-14H,4-5,7-9H2,(H,19,22)(H,20,21). The fourth-order valence-corrected chi connectivity index (χ4v) is 4.19. The minimum Gasteiger partial charge on any atom is -0.353 e. The first-order chi connectivity index (χ1) is 10.6. The van der Waals surface area contributed by atoms with Crippen LogP contribution < -0.4 is 10.6 Å². The predicted octanol–water partition coefficient (Wildman–Crippen LogP) is 1.77. The van der Waals surface area contributed by atoms with Crippen molar-refractivity contribution in [2.45, 2.75) is 43.1 Å². The number of rotatable bonds is 3. The van der Waals surface area contributed by atoms with Crippen molar-refractivity contribution < 1.29 is 9.59 Å². The van der Waals surface area contributed by atoms with E-state index in [2.05, 4.69) is 31.5 Å². The van der Waals surface area contributed by atoms with Gasteiger partial charge in [0.1, 0.15) is 0 Å². The second-order valence-corrected chi connectivity index (χ2v) is 7.39. The van der Waals surface area contributed by atoms with E-state index in [1.165, 1.54) is 0 Å². The van der Waals surface area contributed by atoms with Crippen molar-refractivity contribution in [2.24, 2.45) is 11.8 Å². The Morgan fingerprint density at radius 3 is 3.05 bits per heavy atom. The van der Waals surface area contributed by atoms with Gasteiger partial charge in [0.2, 0.25) is 11.8 Å². The molecule has 2 N–H and O–H groups in total. The molecule has 22 heavy (non-hydrogen) atoms. The van der Waals surface area contributed by atoms with E-state index < -0.39 is 0 Å². The van der Waals surface area contributed by atoms with Crippen LogP contribution in [-0.4, -0.2) is 27.7 Å². The molecule has 0 aromatic carbocycles. The number of nitrogens with one attached hydrogen (secondary N) is 2. The lowest BCUT2D eigenvalue weighted by Gasteiger charge is -2.42. The third-order valence-corrected chi connectivity index (χ3v) is 5.44. The van der Waals surface area contributed by atoms with Gasteiger partial charge in [-0.2, -0.15) is 0 Å². The molecule has 1 aliphatic carbocycles. The number of nitrogens with zero attached hydrogens (tertiary/aromatic N) is 1. The van der Waals surface area contributed by atoms with Gasteiger partial charge in [0, 0.05) is 23.5 Å². The van der Waals surface area contributed by atoms with E-state index in [-0.39, 0.29) is 36.1 Å². The molecule has 1 saturated carbocycles. The maximum absolute atomic E-state index is 12.5. The number of alkyl halides is 1.